The Morgan fingerprint density at radius 2 is 1.85 bits per heavy atom. The van der Waals surface area contributed by atoms with Crippen LogP contribution < -0.4 is 0 Å². The van der Waals surface area contributed by atoms with Gasteiger partial charge in [-0.05, 0) is 38.2 Å². The number of aromatic nitrogens is 3. The van der Waals surface area contributed by atoms with Crippen LogP contribution in [0.15, 0.2) is 42.5 Å². The summed E-state index contributed by atoms with van der Waals surface area (Å²) in [6.45, 7) is 3.62. The van der Waals surface area contributed by atoms with Gasteiger partial charge in [-0.3, -0.25) is 9.88 Å². The molecule has 1 N–H and O–H groups in total. The minimum atomic E-state index is 0.782. The summed E-state index contributed by atoms with van der Waals surface area (Å²) in [4.78, 5) is 14.7. The van der Waals surface area contributed by atoms with E-state index < -0.39 is 0 Å². The number of aromatic amines is 1. The summed E-state index contributed by atoms with van der Waals surface area (Å²) >= 11 is 0. The number of nitrogens with zero attached hydrogens (tertiary/aromatic N) is 3. The van der Waals surface area contributed by atoms with Gasteiger partial charge in [0.2, 0.25) is 0 Å². The number of rotatable bonds is 4. The van der Waals surface area contributed by atoms with Gasteiger partial charge in [0.05, 0.1) is 23.3 Å². The van der Waals surface area contributed by atoms with Gasteiger partial charge in [0.25, 0.3) is 0 Å². The van der Waals surface area contributed by atoms with E-state index in [1.807, 2.05) is 43.3 Å². The minimum Gasteiger partial charge on any atom is -0.341 e. The molecule has 0 bridgehead atoms. The first-order chi connectivity index (χ1) is 9.70. The smallest absolute Gasteiger partial charge is 0.121 e. The normalized spacial score (nSPS) is 11.3. The number of hydrogen-bond donors (Lipinski definition) is 1. The summed E-state index contributed by atoms with van der Waals surface area (Å²) in [5, 5.41) is 0. The number of H-pyrrole nitrogens is 1. The van der Waals surface area contributed by atoms with Gasteiger partial charge in [-0.2, -0.15) is 0 Å². The number of para-hydroxylation sites is 2. The number of nitrogens with one attached hydrogen (secondary N) is 1. The first-order valence-corrected chi connectivity index (χ1v) is 6.75. The molecule has 4 heteroatoms. The molecule has 3 rings (SSSR count). The van der Waals surface area contributed by atoms with Crippen molar-refractivity contribution >= 4 is 11.0 Å². The van der Waals surface area contributed by atoms with Crippen molar-refractivity contribution in [1.29, 1.82) is 0 Å². The van der Waals surface area contributed by atoms with Gasteiger partial charge in [-0.15, -0.1) is 0 Å². The van der Waals surface area contributed by atoms with Crippen molar-refractivity contribution in [3.63, 3.8) is 0 Å². The molecule has 0 saturated heterocycles. The molecule has 0 amide bonds. The SMILES string of the molecule is Cc1cccc(CN(C)Cc2nc3ccccc3[nH]2)n1. The number of benzene rings is 1. The molecule has 2 aromatic heterocycles. The highest BCUT2D eigenvalue weighted by molar-refractivity contribution is 5.74. The molecule has 4 nitrogen and oxygen atoms in total. The number of imidazole rings is 1. The minimum absolute atomic E-state index is 0.782. The highest BCUT2D eigenvalue weighted by Crippen LogP contribution is 2.12. The fourth-order valence-corrected chi connectivity index (χ4v) is 2.36. The first kappa shape index (κ1) is 12.8. The van der Waals surface area contributed by atoms with Crippen LogP contribution in [0, 0.1) is 6.92 Å². The zero-order valence-corrected chi connectivity index (χ0v) is 11.8. The maximum absolute atomic E-state index is 4.59. The van der Waals surface area contributed by atoms with Crippen LogP contribution in [0.5, 0.6) is 0 Å². The van der Waals surface area contributed by atoms with E-state index in [-0.39, 0.29) is 0 Å². The van der Waals surface area contributed by atoms with Crippen LogP contribution in [0.3, 0.4) is 0 Å². The Morgan fingerprint density at radius 1 is 1.00 bits per heavy atom. The summed E-state index contributed by atoms with van der Waals surface area (Å²) in [5.74, 6) is 0.987. The summed E-state index contributed by atoms with van der Waals surface area (Å²) < 4.78 is 0. The van der Waals surface area contributed by atoms with E-state index in [1.165, 1.54) is 0 Å². The van der Waals surface area contributed by atoms with E-state index in [4.69, 9.17) is 0 Å². The van der Waals surface area contributed by atoms with Crippen molar-refractivity contribution in [2.24, 2.45) is 0 Å². The molecule has 0 fully saturated rings. The van der Waals surface area contributed by atoms with Crippen LogP contribution in [0.1, 0.15) is 17.2 Å². The molecule has 0 spiro atoms. The predicted octanol–water partition coefficient (Wildman–Crippen LogP) is 2.90. The summed E-state index contributed by atoms with van der Waals surface area (Å²) in [6.07, 6.45) is 0. The van der Waals surface area contributed by atoms with Crippen molar-refractivity contribution in [2.45, 2.75) is 20.0 Å². The van der Waals surface area contributed by atoms with Gasteiger partial charge >= 0.3 is 0 Å². The second kappa shape index (κ2) is 5.43. The standard InChI is InChI=1S/C16H18N4/c1-12-6-5-7-13(17-12)10-20(2)11-16-18-14-8-3-4-9-15(14)19-16/h3-9H,10-11H2,1-2H3,(H,18,19). The Bertz CT molecular complexity index is 684. The molecule has 0 aliphatic heterocycles. The van der Waals surface area contributed by atoms with Gasteiger partial charge < -0.3 is 4.98 Å². The average molecular weight is 266 g/mol. The van der Waals surface area contributed by atoms with Crippen molar-refractivity contribution in [2.75, 3.05) is 7.05 Å². The predicted molar refractivity (Wildman–Crippen MR) is 80.2 cm³/mol. The molecule has 3 aromatic rings. The number of hydrogen-bond acceptors (Lipinski definition) is 3. The molecular weight excluding hydrogens is 248 g/mol. The molecule has 0 radical (unpaired) electrons. The van der Waals surface area contributed by atoms with Gasteiger partial charge in [0.15, 0.2) is 0 Å². The molecule has 0 aliphatic carbocycles. The van der Waals surface area contributed by atoms with Gasteiger partial charge in [0, 0.05) is 12.2 Å². The van der Waals surface area contributed by atoms with E-state index in [2.05, 4.69) is 33.0 Å². The lowest BCUT2D eigenvalue weighted by Crippen LogP contribution is -2.18. The lowest BCUT2D eigenvalue weighted by Gasteiger charge is -2.14. The van der Waals surface area contributed by atoms with Crippen molar-refractivity contribution in [3.8, 4) is 0 Å². The maximum atomic E-state index is 4.59. The lowest BCUT2D eigenvalue weighted by atomic mass is 10.3. The first-order valence-electron chi connectivity index (χ1n) is 6.75. The van der Waals surface area contributed by atoms with Crippen LogP contribution >= 0.6 is 0 Å². The quantitative estimate of drug-likeness (QED) is 0.789. The van der Waals surface area contributed by atoms with Crippen molar-refractivity contribution < 1.29 is 0 Å². The Labute approximate surface area is 118 Å². The third-order valence-electron chi connectivity index (χ3n) is 3.24. The van der Waals surface area contributed by atoms with E-state index in [0.29, 0.717) is 0 Å². The zero-order valence-electron chi connectivity index (χ0n) is 11.8. The Morgan fingerprint density at radius 3 is 2.65 bits per heavy atom. The average Bonchev–Trinajstić information content (AvgIpc) is 2.80. The summed E-state index contributed by atoms with van der Waals surface area (Å²) in [5.41, 5.74) is 4.25. The summed E-state index contributed by atoms with van der Waals surface area (Å²) in [7, 11) is 2.08. The van der Waals surface area contributed by atoms with Crippen LogP contribution in [-0.4, -0.2) is 26.9 Å². The molecule has 0 saturated carbocycles. The molecule has 1 aromatic carbocycles. The lowest BCUT2D eigenvalue weighted by molar-refractivity contribution is 0.308. The Kier molecular flexibility index (Phi) is 3.48. The van der Waals surface area contributed by atoms with Crippen molar-refractivity contribution in [1.82, 2.24) is 19.9 Å². The third-order valence-corrected chi connectivity index (χ3v) is 3.24. The molecule has 102 valence electrons. The number of pyridine rings is 1. The molecule has 0 atom stereocenters. The second-order valence-corrected chi connectivity index (χ2v) is 5.14. The van der Waals surface area contributed by atoms with Crippen LogP contribution in [-0.2, 0) is 13.1 Å². The van der Waals surface area contributed by atoms with Gasteiger partial charge in [0.1, 0.15) is 5.82 Å². The topological polar surface area (TPSA) is 44.8 Å². The van der Waals surface area contributed by atoms with Crippen molar-refractivity contribution in [3.05, 3.63) is 59.7 Å². The monoisotopic (exact) mass is 266 g/mol. The van der Waals surface area contributed by atoms with Crippen LogP contribution in [0.4, 0.5) is 0 Å². The third kappa shape index (κ3) is 2.86. The number of aryl methyl sites for hydroxylation is 1. The Hall–Kier alpha value is -2.20. The summed E-state index contributed by atoms with van der Waals surface area (Å²) in [6, 6.07) is 14.2. The second-order valence-electron chi connectivity index (χ2n) is 5.14. The zero-order chi connectivity index (χ0) is 13.9. The van der Waals surface area contributed by atoms with E-state index in [1.54, 1.807) is 0 Å². The van der Waals surface area contributed by atoms with Crippen LogP contribution in [0.25, 0.3) is 11.0 Å². The van der Waals surface area contributed by atoms with Gasteiger partial charge in [-0.1, -0.05) is 18.2 Å². The maximum Gasteiger partial charge on any atom is 0.121 e. The molecule has 20 heavy (non-hydrogen) atoms. The highest BCUT2D eigenvalue weighted by Gasteiger charge is 2.07. The molecule has 2 heterocycles. The van der Waals surface area contributed by atoms with E-state index >= 15 is 0 Å². The largest absolute Gasteiger partial charge is 0.341 e. The fraction of sp³-hybridized carbons (Fsp3) is 0.250. The Balaban J connectivity index is 1.70. The number of fused-ring (bicyclic) bond motifs is 1. The van der Waals surface area contributed by atoms with Gasteiger partial charge in [-0.25, -0.2) is 4.98 Å². The fourth-order valence-electron chi connectivity index (χ4n) is 2.36. The van der Waals surface area contributed by atoms with E-state index in [0.717, 1.165) is 41.3 Å². The van der Waals surface area contributed by atoms with Crippen LogP contribution in [0.2, 0.25) is 0 Å². The highest BCUT2D eigenvalue weighted by atomic mass is 15.1. The molecule has 0 aliphatic rings. The van der Waals surface area contributed by atoms with E-state index in [9.17, 15) is 0 Å². The molecule has 0 unspecified atom stereocenters. The molecular formula is C16H18N4.